The van der Waals surface area contributed by atoms with E-state index in [1.165, 1.54) is 23.8 Å². The SMILES string of the molecule is CC(=O)c1cnn2cc(OC(CF)CF)ccc12. The van der Waals surface area contributed by atoms with Gasteiger partial charge in [0.1, 0.15) is 19.1 Å². The van der Waals surface area contributed by atoms with Crippen LogP contribution in [0.15, 0.2) is 24.5 Å². The summed E-state index contributed by atoms with van der Waals surface area (Å²) in [4.78, 5) is 11.3. The van der Waals surface area contributed by atoms with Gasteiger partial charge in [-0.1, -0.05) is 0 Å². The molecule has 0 amide bonds. The molecule has 2 aromatic heterocycles. The Labute approximate surface area is 102 Å². The summed E-state index contributed by atoms with van der Waals surface area (Å²) >= 11 is 0. The van der Waals surface area contributed by atoms with Crippen molar-refractivity contribution in [2.24, 2.45) is 0 Å². The van der Waals surface area contributed by atoms with Gasteiger partial charge < -0.3 is 4.74 Å². The van der Waals surface area contributed by atoms with E-state index in [0.717, 1.165) is 0 Å². The first-order chi connectivity index (χ1) is 8.65. The minimum atomic E-state index is -1.11. The molecule has 6 heteroatoms. The lowest BCUT2D eigenvalue weighted by atomic mass is 10.2. The van der Waals surface area contributed by atoms with E-state index in [0.29, 0.717) is 16.8 Å². The van der Waals surface area contributed by atoms with Gasteiger partial charge in [0.05, 0.1) is 23.5 Å². The first-order valence-corrected chi connectivity index (χ1v) is 5.42. The van der Waals surface area contributed by atoms with Gasteiger partial charge in [0, 0.05) is 0 Å². The molecule has 2 heterocycles. The van der Waals surface area contributed by atoms with Gasteiger partial charge in [0.2, 0.25) is 0 Å². The zero-order chi connectivity index (χ0) is 13.1. The average molecular weight is 254 g/mol. The highest BCUT2D eigenvalue weighted by atomic mass is 19.1. The summed E-state index contributed by atoms with van der Waals surface area (Å²) in [5.74, 6) is 0.213. The highest BCUT2D eigenvalue weighted by Gasteiger charge is 2.12. The Morgan fingerprint density at radius 1 is 1.44 bits per heavy atom. The van der Waals surface area contributed by atoms with Gasteiger partial charge in [0.15, 0.2) is 11.9 Å². The van der Waals surface area contributed by atoms with Crippen molar-refractivity contribution in [2.45, 2.75) is 13.0 Å². The number of halogens is 2. The molecular formula is C12H12F2N2O2. The minimum Gasteiger partial charge on any atom is -0.483 e. The molecule has 0 atom stereocenters. The molecule has 0 aliphatic carbocycles. The van der Waals surface area contributed by atoms with E-state index in [1.807, 2.05) is 0 Å². The van der Waals surface area contributed by atoms with E-state index in [-0.39, 0.29) is 5.78 Å². The standard InChI is InChI=1S/C12H12F2N2O2/c1-8(17)11-6-15-16-7-9(2-3-12(11)16)18-10(4-13)5-14/h2-3,6-7,10H,4-5H2,1H3. The second-order valence-electron chi connectivity index (χ2n) is 3.86. The van der Waals surface area contributed by atoms with Crippen LogP contribution in [-0.2, 0) is 0 Å². The van der Waals surface area contributed by atoms with Crippen LogP contribution in [0.25, 0.3) is 5.52 Å². The number of hydrogen-bond donors (Lipinski definition) is 0. The predicted octanol–water partition coefficient (Wildman–Crippen LogP) is 2.22. The lowest BCUT2D eigenvalue weighted by Gasteiger charge is -2.12. The number of pyridine rings is 1. The van der Waals surface area contributed by atoms with Crippen molar-refractivity contribution in [3.63, 3.8) is 0 Å². The second kappa shape index (κ2) is 5.12. The van der Waals surface area contributed by atoms with Gasteiger partial charge in [-0.2, -0.15) is 5.10 Å². The third kappa shape index (κ3) is 2.32. The van der Waals surface area contributed by atoms with Crippen molar-refractivity contribution in [2.75, 3.05) is 13.3 Å². The maximum absolute atomic E-state index is 12.3. The average Bonchev–Trinajstić information content (AvgIpc) is 2.78. The Morgan fingerprint density at radius 3 is 2.78 bits per heavy atom. The van der Waals surface area contributed by atoms with Crippen LogP contribution in [0.4, 0.5) is 8.78 Å². The summed E-state index contributed by atoms with van der Waals surface area (Å²) in [7, 11) is 0. The number of nitrogens with zero attached hydrogens (tertiary/aromatic N) is 2. The Kier molecular flexibility index (Phi) is 3.55. The molecule has 0 aliphatic rings. The lowest BCUT2D eigenvalue weighted by molar-refractivity contribution is 0.101. The third-order valence-corrected chi connectivity index (χ3v) is 2.52. The molecule has 2 rings (SSSR count). The van der Waals surface area contributed by atoms with Crippen molar-refractivity contribution in [1.82, 2.24) is 9.61 Å². The fourth-order valence-corrected chi connectivity index (χ4v) is 1.60. The maximum atomic E-state index is 12.3. The number of alkyl halides is 2. The van der Waals surface area contributed by atoms with E-state index < -0.39 is 19.5 Å². The van der Waals surface area contributed by atoms with Crippen LogP contribution in [0, 0.1) is 0 Å². The van der Waals surface area contributed by atoms with Gasteiger partial charge in [-0.25, -0.2) is 13.3 Å². The number of rotatable bonds is 5. The number of ether oxygens (including phenoxy) is 1. The summed E-state index contributed by atoms with van der Waals surface area (Å²) in [6.07, 6.45) is 1.83. The molecule has 4 nitrogen and oxygen atoms in total. The van der Waals surface area contributed by atoms with Crippen molar-refractivity contribution in [3.8, 4) is 5.75 Å². The van der Waals surface area contributed by atoms with Crippen molar-refractivity contribution in [1.29, 1.82) is 0 Å². The van der Waals surface area contributed by atoms with Crippen LogP contribution in [0.3, 0.4) is 0 Å². The number of fused-ring (bicyclic) bond motifs is 1. The fraction of sp³-hybridized carbons (Fsp3) is 0.333. The molecule has 0 saturated carbocycles. The maximum Gasteiger partial charge on any atom is 0.163 e. The number of aromatic nitrogens is 2. The van der Waals surface area contributed by atoms with Gasteiger partial charge in [0.25, 0.3) is 0 Å². The first-order valence-electron chi connectivity index (χ1n) is 5.42. The Bertz CT molecular complexity index is 564. The molecule has 0 bridgehead atoms. The Morgan fingerprint density at radius 2 is 2.17 bits per heavy atom. The third-order valence-electron chi connectivity index (χ3n) is 2.52. The normalized spacial score (nSPS) is 11.1. The van der Waals surface area contributed by atoms with E-state index >= 15 is 0 Å². The van der Waals surface area contributed by atoms with Gasteiger partial charge >= 0.3 is 0 Å². The lowest BCUT2D eigenvalue weighted by Crippen LogP contribution is -2.21. The molecule has 0 aliphatic heterocycles. The van der Waals surface area contributed by atoms with E-state index in [2.05, 4.69) is 5.10 Å². The number of carbonyl (C=O) groups excluding carboxylic acids is 1. The Balaban J connectivity index is 2.31. The summed E-state index contributed by atoms with van der Waals surface area (Å²) in [5, 5.41) is 3.99. The second-order valence-corrected chi connectivity index (χ2v) is 3.86. The van der Waals surface area contributed by atoms with Crippen LogP contribution in [0.2, 0.25) is 0 Å². The smallest absolute Gasteiger partial charge is 0.163 e. The summed E-state index contributed by atoms with van der Waals surface area (Å²) in [5.41, 5.74) is 1.13. The molecule has 0 fully saturated rings. The highest BCUT2D eigenvalue weighted by Crippen LogP contribution is 2.18. The van der Waals surface area contributed by atoms with Crippen LogP contribution in [0.5, 0.6) is 5.75 Å². The van der Waals surface area contributed by atoms with Crippen LogP contribution in [0.1, 0.15) is 17.3 Å². The minimum absolute atomic E-state index is 0.0935. The highest BCUT2D eigenvalue weighted by molar-refractivity contribution is 6.00. The summed E-state index contributed by atoms with van der Waals surface area (Å²) in [6, 6.07) is 3.19. The number of ketones is 1. The van der Waals surface area contributed by atoms with E-state index in [1.54, 1.807) is 12.1 Å². The van der Waals surface area contributed by atoms with Crippen LogP contribution >= 0.6 is 0 Å². The fourth-order valence-electron chi connectivity index (χ4n) is 1.60. The number of hydrogen-bond acceptors (Lipinski definition) is 3. The van der Waals surface area contributed by atoms with Crippen LogP contribution < -0.4 is 4.74 Å². The molecule has 96 valence electrons. The number of carbonyl (C=O) groups is 1. The van der Waals surface area contributed by atoms with E-state index in [9.17, 15) is 13.6 Å². The first kappa shape index (κ1) is 12.5. The molecule has 2 aromatic rings. The van der Waals surface area contributed by atoms with Gasteiger partial charge in [-0.05, 0) is 19.1 Å². The molecule has 0 N–H and O–H groups in total. The van der Waals surface area contributed by atoms with Crippen molar-refractivity contribution in [3.05, 3.63) is 30.1 Å². The molecule has 0 radical (unpaired) electrons. The van der Waals surface area contributed by atoms with Crippen LogP contribution in [-0.4, -0.2) is 34.9 Å². The zero-order valence-electron chi connectivity index (χ0n) is 9.77. The van der Waals surface area contributed by atoms with E-state index in [4.69, 9.17) is 4.74 Å². The quantitative estimate of drug-likeness (QED) is 0.768. The van der Waals surface area contributed by atoms with Gasteiger partial charge in [-0.3, -0.25) is 4.79 Å². The van der Waals surface area contributed by atoms with Crippen molar-refractivity contribution >= 4 is 11.3 Å². The molecule has 0 saturated heterocycles. The zero-order valence-corrected chi connectivity index (χ0v) is 9.77. The number of Topliss-reactive ketones (excluding diaryl/α,β-unsaturated/α-hetero) is 1. The molecule has 0 unspecified atom stereocenters. The largest absolute Gasteiger partial charge is 0.483 e. The predicted molar refractivity (Wildman–Crippen MR) is 61.6 cm³/mol. The molecule has 0 aromatic carbocycles. The molecule has 18 heavy (non-hydrogen) atoms. The monoisotopic (exact) mass is 254 g/mol. The van der Waals surface area contributed by atoms with Crippen molar-refractivity contribution < 1.29 is 18.3 Å². The topological polar surface area (TPSA) is 43.6 Å². The molecular weight excluding hydrogens is 242 g/mol. The Hall–Kier alpha value is -1.98. The summed E-state index contributed by atoms with van der Waals surface area (Å²) in [6.45, 7) is -0.345. The molecule has 0 spiro atoms. The van der Waals surface area contributed by atoms with Gasteiger partial charge in [-0.15, -0.1) is 0 Å². The summed E-state index contributed by atoms with van der Waals surface area (Å²) < 4.78 is 31.2.